The van der Waals surface area contributed by atoms with Crippen LogP contribution >= 0.6 is 11.6 Å². The van der Waals surface area contributed by atoms with E-state index in [1.165, 1.54) is 0 Å². The molecule has 1 aliphatic carbocycles. The fourth-order valence-electron chi connectivity index (χ4n) is 2.45. The molecule has 0 fully saturated rings. The van der Waals surface area contributed by atoms with E-state index >= 15 is 0 Å². The molecule has 1 aliphatic rings. The van der Waals surface area contributed by atoms with Crippen molar-refractivity contribution in [2.45, 2.75) is 26.2 Å². The van der Waals surface area contributed by atoms with Crippen molar-refractivity contribution in [1.82, 2.24) is 5.16 Å². The molecule has 0 bridgehead atoms. The molecule has 0 unspecified atom stereocenters. The first-order valence-corrected chi connectivity index (χ1v) is 7.61. The largest absolute Gasteiger partial charge is 0.426 e. The third-order valence-electron chi connectivity index (χ3n) is 3.63. The van der Waals surface area contributed by atoms with Crippen molar-refractivity contribution in [2.75, 3.05) is 0 Å². The number of esters is 1. The van der Waals surface area contributed by atoms with Gasteiger partial charge in [0.1, 0.15) is 27.8 Å². The first-order chi connectivity index (χ1) is 11.1. The summed E-state index contributed by atoms with van der Waals surface area (Å²) in [7, 11) is 0. The molecule has 0 saturated carbocycles. The van der Waals surface area contributed by atoms with E-state index in [4.69, 9.17) is 20.9 Å². The Labute approximate surface area is 137 Å². The van der Waals surface area contributed by atoms with Crippen molar-refractivity contribution in [3.05, 3.63) is 52.4 Å². The van der Waals surface area contributed by atoms with Crippen LogP contribution in [0.5, 0.6) is 0 Å². The van der Waals surface area contributed by atoms with Gasteiger partial charge in [-0.15, -0.1) is 0 Å². The highest BCUT2D eigenvalue weighted by molar-refractivity contribution is 6.43. The van der Waals surface area contributed by atoms with Crippen molar-refractivity contribution in [2.24, 2.45) is 0 Å². The maximum absolute atomic E-state index is 12.5. The average molecular weight is 332 g/mol. The lowest BCUT2D eigenvalue weighted by atomic mass is 10.0. The van der Waals surface area contributed by atoms with Gasteiger partial charge in [-0.2, -0.15) is 0 Å². The second-order valence-electron chi connectivity index (χ2n) is 5.23. The van der Waals surface area contributed by atoms with Crippen molar-refractivity contribution in [1.29, 1.82) is 0 Å². The number of carbonyl (C=O) groups is 2. The van der Waals surface area contributed by atoms with Gasteiger partial charge in [-0.05, 0) is 13.3 Å². The van der Waals surface area contributed by atoms with E-state index in [1.54, 1.807) is 6.92 Å². The lowest BCUT2D eigenvalue weighted by Gasteiger charge is -2.14. The predicted octanol–water partition coefficient (Wildman–Crippen LogP) is 4.01. The first kappa shape index (κ1) is 15.5. The molecule has 0 N–H and O–H groups in total. The number of halogens is 1. The van der Waals surface area contributed by atoms with Crippen LogP contribution in [0, 0.1) is 6.92 Å². The number of aryl methyl sites for hydroxylation is 1. The molecular formula is C17H14ClNO4. The van der Waals surface area contributed by atoms with Crippen molar-refractivity contribution >= 4 is 23.4 Å². The number of ketones is 1. The van der Waals surface area contributed by atoms with Crippen LogP contribution in [0.15, 0.2) is 45.6 Å². The second kappa shape index (κ2) is 6.38. The van der Waals surface area contributed by atoms with Crippen molar-refractivity contribution in [3.63, 3.8) is 0 Å². The smallest absolute Gasteiger partial charge is 0.349 e. The van der Waals surface area contributed by atoms with Gasteiger partial charge in [-0.1, -0.05) is 47.1 Å². The number of Topliss-reactive ketones (excluding diaryl/α,β-unsaturated/α-hetero) is 1. The summed E-state index contributed by atoms with van der Waals surface area (Å²) in [5, 5.41) is 3.94. The van der Waals surface area contributed by atoms with E-state index in [0.29, 0.717) is 30.7 Å². The van der Waals surface area contributed by atoms with Crippen LogP contribution in [0.2, 0.25) is 0 Å². The molecular weight excluding hydrogens is 318 g/mol. The fraction of sp³-hybridized carbons (Fsp3) is 0.235. The minimum atomic E-state index is -0.620. The van der Waals surface area contributed by atoms with Gasteiger partial charge in [0.25, 0.3) is 0 Å². The highest BCUT2D eigenvalue weighted by atomic mass is 35.5. The average Bonchev–Trinajstić information content (AvgIpc) is 2.94. The molecule has 0 radical (unpaired) electrons. The normalized spacial score (nSPS) is 15.0. The van der Waals surface area contributed by atoms with E-state index in [1.807, 2.05) is 30.3 Å². The molecule has 6 heteroatoms. The summed E-state index contributed by atoms with van der Waals surface area (Å²) in [4.78, 5) is 24.1. The number of benzene rings is 1. The van der Waals surface area contributed by atoms with Crippen LogP contribution < -0.4 is 0 Å². The molecule has 2 aromatic rings. The van der Waals surface area contributed by atoms with Gasteiger partial charge in [0.2, 0.25) is 0 Å². The van der Waals surface area contributed by atoms with E-state index in [9.17, 15) is 9.59 Å². The molecule has 1 aromatic carbocycles. The Morgan fingerprint density at radius 1 is 1.26 bits per heavy atom. The van der Waals surface area contributed by atoms with Gasteiger partial charge < -0.3 is 9.26 Å². The Balaban J connectivity index is 1.93. The first-order valence-electron chi connectivity index (χ1n) is 7.23. The fourth-order valence-corrected chi connectivity index (χ4v) is 2.68. The summed E-state index contributed by atoms with van der Waals surface area (Å²) in [5.41, 5.74) is 1.40. The molecule has 23 heavy (non-hydrogen) atoms. The molecule has 0 saturated heterocycles. The quantitative estimate of drug-likeness (QED) is 0.795. The SMILES string of the molecule is Cc1onc(-c2ccccc2)c1C(=O)OC1=C(Cl)C(=O)CCC1. The molecule has 1 heterocycles. The highest BCUT2D eigenvalue weighted by Crippen LogP contribution is 2.30. The molecule has 0 aliphatic heterocycles. The maximum Gasteiger partial charge on any atom is 0.349 e. The molecule has 5 nitrogen and oxygen atoms in total. The summed E-state index contributed by atoms with van der Waals surface area (Å²) >= 11 is 5.95. The van der Waals surface area contributed by atoms with Crippen molar-refractivity contribution < 1.29 is 18.8 Å². The Bertz CT molecular complexity index is 792. The summed E-state index contributed by atoms with van der Waals surface area (Å²) in [6.45, 7) is 1.64. The van der Waals surface area contributed by atoms with E-state index < -0.39 is 5.97 Å². The van der Waals surface area contributed by atoms with E-state index in [0.717, 1.165) is 5.56 Å². The molecule has 3 rings (SSSR count). The topological polar surface area (TPSA) is 69.4 Å². The zero-order chi connectivity index (χ0) is 16.4. The number of hydrogen-bond acceptors (Lipinski definition) is 5. The van der Waals surface area contributed by atoms with Crippen LogP contribution in [0.1, 0.15) is 35.4 Å². The zero-order valence-electron chi connectivity index (χ0n) is 12.5. The van der Waals surface area contributed by atoms with Crippen LogP contribution in [-0.2, 0) is 9.53 Å². The van der Waals surface area contributed by atoms with Gasteiger partial charge in [0.15, 0.2) is 5.78 Å². The standard InChI is InChI=1S/C17H14ClNO4/c1-10-14(16(19-23-10)11-6-3-2-4-7-11)17(21)22-13-9-5-8-12(20)15(13)18/h2-4,6-7H,5,8-9H2,1H3. The number of hydrogen-bond donors (Lipinski definition) is 0. The lowest BCUT2D eigenvalue weighted by molar-refractivity contribution is -0.115. The van der Waals surface area contributed by atoms with Crippen LogP contribution in [0.3, 0.4) is 0 Å². The number of carbonyl (C=O) groups excluding carboxylic acids is 2. The molecule has 118 valence electrons. The Kier molecular flexibility index (Phi) is 4.30. The Morgan fingerprint density at radius 2 is 2.00 bits per heavy atom. The summed E-state index contributed by atoms with van der Waals surface area (Å²) in [6, 6.07) is 9.20. The Hall–Kier alpha value is -2.40. The lowest BCUT2D eigenvalue weighted by Crippen LogP contribution is -2.14. The second-order valence-corrected chi connectivity index (χ2v) is 5.61. The monoisotopic (exact) mass is 331 g/mol. The van der Waals surface area contributed by atoms with Crippen LogP contribution in [-0.4, -0.2) is 16.9 Å². The number of ether oxygens (including phenoxy) is 1. The van der Waals surface area contributed by atoms with Gasteiger partial charge in [-0.25, -0.2) is 4.79 Å². The number of allylic oxidation sites excluding steroid dienone is 2. The molecule has 0 spiro atoms. The maximum atomic E-state index is 12.5. The third kappa shape index (κ3) is 3.05. The van der Waals surface area contributed by atoms with Gasteiger partial charge in [0.05, 0.1) is 0 Å². The number of nitrogens with zero attached hydrogens (tertiary/aromatic N) is 1. The van der Waals surface area contributed by atoms with Crippen LogP contribution in [0.25, 0.3) is 11.3 Å². The number of aromatic nitrogens is 1. The molecule has 0 amide bonds. The molecule has 0 atom stereocenters. The van der Waals surface area contributed by atoms with Crippen LogP contribution in [0.4, 0.5) is 0 Å². The zero-order valence-corrected chi connectivity index (χ0v) is 13.2. The number of rotatable bonds is 3. The highest BCUT2D eigenvalue weighted by Gasteiger charge is 2.27. The summed E-state index contributed by atoms with van der Waals surface area (Å²) in [5.74, 6) is -0.253. The summed E-state index contributed by atoms with van der Waals surface area (Å²) < 4.78 is 10.5. The Morgan fingerprint density at radius 3 is 2.74 bits per heavy atom. The van der Waals surface area contributed by atoms with Gasteiger partial charge >= 0.3 is 5.97 Å². The summed E-state index contributed by atoms with van der Waals surface area (Å²) in [6.07, 6.45) is 1.45. The van der Waals surface area contributed by atoms with Crippen molar-refractivity contribution in [3.8, 4) is 11.3 Å². The predicted molar refractivity (Wildman–Crippen MR) is 83.8 cm³/mol. The minimum absolute atomic E-state index is 0.0000294. The van der Waals surface area contributed by atoms with Gasteiger partial charge in [-0.3, -0.25) is 4.79 Å². The van der Waals surface area contributed by atoms with E-state index in [-0.39, 0.29) is 22.1 Å². The minimum Gasteiger partial charge on any atom is -0.426 e. The molecule has 1 aromatic heterocycles. The van der Waals surface area contributed by atoms with E-state index in [2.05, 4.69) is 5.16 Å². The van der Waals surface area contributed by atoms with Gasteiger partial charge in [0, 0.05) is 18.4 Å². The third-order valence-corrected chi connectivity index (χ3v) is 4.05.